The number of halogens is 4. The molecule has 16 rings (SSSR count). The van der Waals surface area contributed by atoms with Crippen molar-refractivity contribution in [2.75, 3.05) is 0 Å². The fraction of sp³-hybridized carbons (Fsp3) is 0. The van der Waals surface area contributed by atoms with Crippen molar-refractivity contribution in [2.24, 2.45) is 0 Å². The third-order valence-corrected chi connectivity index (χ3v) is 12.7. The van der Waals surface area contributed by atoms with Crippen LogP contribution in [0.15, 0.2) is 390 Å². The van der Waals surface area contributed by atoms with Gasteiger partial charge >= 0.3 is 19.8 Å². The van der Waals surface area contributed by atoms with Crippen molar-refractivity contribution < 1.29 is 69.4 Å². The number of hydrogen-bond donors (Lipinski definition) is 0. The fourth-order valence-electron chi connectivity index (χ4n) is 8.23. The first kappa shape index (κ1) is 81.6. The molecule has 101 heavy (non-hydrogen) atoms. The van der Waals surface area contributed by atoms with Crippen LogP contribution in [0.5, 0.6) is 0 Å². The first-order chi connectivity index (χ1) is 47.7. The molecule has 0 atom stereocenters. The molecule has 0 fully saturated rings. The Morgan fingerprint density at radius 1 is 0.0990 bits per heavy atom. The van der Waals surface area contributed by atoms with Gasteiger partial charge in [0.1, 0.15) is 0 Å². The van der Waals surface area contributed by atoms with Gasteiger partial charge in [-0.25, -0.2) is 0 Å². The first-order valence-electron chi connectivity index (χ1n) is 30.3. The Labute approximate surface area is 626 Å². The number of rotatable bonds is 8. The molecule has 500 valence electrons. The van der Waals surface area contributed by atoms with E-state index in [1.165, 1.54) is 0 Å². The van der Waals surface area contributed by atoms with E-state index < -0.39 is 0 Å². The van der Waals surface area contributed by atoms with Gasteiger partial charge in [-0.3, -0.25) is 79.7 Å². The molecule has 21 heteroatoms. The van der Waals surface area contributed by atoms with Gasteiger partial charge in [0.15, 0.2) is 0 Å². The molecule has 0 amide bonds. The Hall–Kier alpha value is -11.8. The molecular formula is C80H64Cl4N16Os. The van der Waals surface area contributed by atoms with Gasteiger partial charge in [-0.15, -0.1) is 0 Å². The van der Waals surface area contributed by atoms with Gasteiger partial charge in [0.25, 0.3) is 0 Å². The average Bonchev–Trinajstić information content (AvgIpc) is 2.49. The summed E-state index contributed by atoms with van der Waals surface area (Å²) in [6.07, 6.45) is 28.3. The van der Waals surface area contributed by atoms with E-state index in [-0.39, 0.29) is 69.4 Å². The Kier molecular flexibility index (Phi) is 40.1. The fourth-order valence-corrected chi connectivity index (χ4v) is 8.23. The summed E-state index contributed by atoms with van der Waals surface area (Å²) in [7, 11) is 0. The van der Waals surface area contributed by atoms with Crippen LogP contribution >= 0.6 is 0 Å². The minimum atomic E-state index is 0. The molecule has 0 aliphatic rings. The Morgan fingerprint density at radius 3 is 0.198 bits per heavy atom. The SMILES string of the molecule is [Cl-].[Cl-].[Cl-].[Cl-].[Os+4].c1ccc(-c2ccccn2)nc1.c1ccc(-c2ccccn2)nc1.c1ccc(-c2ccccn2)nc1.c1ccc(-c2ccccn2)nc1.c1ccc(-c2ccccn2)nc1.c1ccc(-c2ccccn2)nc1.c1ccc(-c2ccccn2)nc1.c1ccc(-c2ccccn2)nc1. The maximum Gasteiger partial charge on any atom is 4.00 e. The third kappa shape index (κ3) is 29.8. The summed E-state index contributed by atoms with van der Waals surface area (Å²) in [5.41, 5.74) is 14.6. The predicted molar refractivity (Wildman–Crippen MR) is 380 cm³/mol. The largest absolute Gasteiger partial charge is 4.00 e. The smallest absolute Gasteiger partial charge is 1.00 e. The molecule has 0 radical (unpaired) electrons. The van der Waals surface area contributed by atoms with Crippen LogP contribution in [0, 0.1) is 0 Å². The van der Waals surface area contributed by atoms with E-state index in [9.17, 15) is 0 Å². The van der Waals surface area contributed by atoms with Crippen LogP contribution < -0.4 is 49.6 Å². The molecule has 16 heterocycles. The van der Waals surface area contributed by atoms with Gasteiger partial charge in [-0.1, -0.05) is 97.1 Å². The third-order valence-electron chi connectivity index (χ3n) is 12.7. The number of nitrogens with zero attached hydrogens (tertiary/aromatic N) is 16. The van der Waals surface area contributed by atoms with Crippen LogP contribution in [-0.4, -0.2) is 79.7 Å². The van der Waals surface area contributed by atoms with Crippen LogP contribution in [0.4, 0.5) is 0 Å². The zero-order valence-electron chi connectivity index (χ0n) is 54.0. The molecule has 0 bridgehead atoms. The number of pyridine rings is 16. The van der Waals surface area contributed by atoms with E-state index >= 15 is 0 Å². The van der Waals surface area contributed by atoms with Crippen LogP contribution in [-0.2, 0) is 19.8 Å². The summed E-state index contributed by atoms with van der Waals surface area (Å²) in [6, 6.07) is 92.8. The summed E-state index contributed by atoms with van der Waals surface area (Å²) >= 11 is 0. The van der Waals surface area contributed by atoms with Crippen molar-refractivity contribution in [1.82, 2.24) is 79.7 Å². The van der Waals surface area contributed by atoms with Crippen molar-refractivity contribution in [3.8, 4) is 91.1 Å². The molecule has 0 saturated heterocycles. The summed E-state index contributed by atoms with van der Waals surface area (Å²) in [4.78, 5) is 67.0. The topological polar surface area (TPSA) is 206 Å². The summed E-state index contributed by atoms with van der Waals surface area (Å²) in [5.74, 6) is 0. The van der Waals surface area contributed by atoms with E-state index in [0.29, 0.717) is 0 Å². The standard InChI is InChI=1S/8C10H8N2.4ClH.Os/c8*1-3-7-11-9(5-1)10-6-2-4-8-12-10;;;;;/h8*1-8H;4*1H;/q;;;;;;;;;;;;+4/p-4. The van der Waals surface area contributed by atoms with E-state index in [0.717, 1.165) is 91.1 Å². The van der Waals surface area contributed by atoms with Crippen LogP contribution in [0.3, 0.4) is 0 Å². The van der Waals surface area contributed by atoms with Gasteiger partial charge in [0.2, 0.25) is 0 Å². The van der Waals surface area contributed by atoms with Crippen molar-refractivity contribution in [1.29, 1.82) is 0 Å². The minimum Gasteiger partial charge on any atom is -1.00 e. The normalized spacial score (nSPS) is 9.19. The molecule has 0 aliphatic heterocycles. The second-order valence-electron chi connectivity index (χ2n) is 19.4. The van der Waals surface area contributed by atoms with Gasteiger partial charge in [0.05, 0.1) is 91.1 Å². The minimum absolute atomic E-state index is 0. The van der Waals surface area contributed by atoms with Crippen LogP contribution in [0.1, 0.15) is 0 Å². The van der Waals surface area contributed by atoms with E-state index in [4.69, 9.17) is 0 Å². The zero-order chi connectivity index (χ0) is 65.8. The molecule has 0 aliphatic carbocycles. The summed E-state index contributed by atoms with van der Waals surface area (Å²) in [5, 5.41) is 0. The molecule has 16 nitrogen and oxygen atoms in total. The second kappa shape index (κ2) is 49.7. The quantitative estimate of drug-likeness (QED) is 0.193. The van der Waals surface area contributed by atoms with Gasteiger partial charge in [-0.05, 0) is 194 Å². The molecule has 0 saturated carbocycles. The average molecular weight is 1580 g/mol. The first-order valence-corrected chi connectivity index (χ1v) is 30.3. The van der Waals surface area contributed by atoms with E-state index in [2.05, 4.69) is 79.7 Å². The van der Waals surface area contributed by atoms with Crippen molar-refractivity contribution in [2.45, 2.75) is 0 Å². The predicted octanol–water partition coefficient (Wildman–Crippen LogP) is 5.16. The zero-order valence-corrected chi connectivity index (χ0v) is 59.5. The molecule has 16 aromatic heterocycles. The van der Waals surface area contributed by atoms with E-state index in [1.807, 2.05) is 291 Å². The van der Waals surface area contributed by atoms with Crippen LogP contribution in [0.25, 0.3) is 91.1 Å². The van der Waals surface area contributed by atoms with Gasteiger partial charge in [0, 0.05) is 99.1 Å². The molecule has 0 aromatic carbocycles. The van der Waals surface area contributed by atoms with Gasteiger partial charge < -0.3 is 49.6 Å². The van der Waals surface area contributed by atoms with E-state index in [1.54, 1.807) is 99.1 Å². The van der Waals surface area contributed by atoms with Crippen molar-refractivity contribution in [3.05, 3.63) is 390 Å². The second-order valence-corrected chi connectivity index (χ2v) is 19.4. The Balaban J connectivity index is 0.000000243. The number of hydrogen-bond acceptors (Lipinski definition) is 16. The monoisotopic (exact) mass is 1580 g/mol. The maximum atomic E-state index is 4.19. The molecule has 0 unspecified atom stereocenters. The Morgan fingerprint density at radius 2 is 0.158 bits per heavy atom. The maximum absolute atomic E-state index is 4.19. The molecule has 0 N–H and O–H groups in total. The van der Waals surface area contributed by atoms with Gasteiger partial charge in [-0.2, -0.15) is 0 Å². The van der Waals surface area contributed by atoms with Crippen molar-refractivity contribution >= 4 is 0 Å². The molecule has 0 spiro atoms. The van der Waals surface area contributed by atoms with Crippen molar-refractivity contribution in [3.63, 3.8) is 0 Å². The van der Waals surface area contributed by atoms with Crippen LogP contribution in [0.2, 0.25) is 0 Å². The summed E-state index contributed by atoms with van der Waals surface area (Å²) in [6.45, 7) is 0. The molecular weight excluding hydrogens is 1520 g/mol. The Bertz CT molecular complexity index is 3370. The molecule has 16 aromatic rings. The number of aromatic nitrogens is 16. The summed E-state index contributed by atoms with van der Waals surface area (Å²) < 4.78 is 0.